The van der Waals surface area contributed by atoms with Gasteiger partial charge in [0.15, 0.2) is 0 Å². The summed E-state index contributed by atoms with van der Waals surface area (Å²) in [6.45, 7) is 0. The molecule has 142 valence electrons. The second kappa shape index (κ2) is 9.39. The maximum atomic E-state index is 13.7. The van der Waals surface area contributed by atoms with Crippen LogP contribution >= 0.6 is 23.4 Å². The van der Waals surface area contributed by atoms with Crippen molar-refractivity contribution in [3.05, 3.63) is 89.2 Å². The molecule has 0 atom stereocenters. The fourth-order valence-corrected chi connectivity index (χ4v) is 3.26. The second-order valence-corrected chi connectivity index (χ2v) is 7.23. The minimum Gasteiger partial charge on any atom is -0.324 e. The van der Waals surface area contributed by atoms with Crippen molar-refractivity contribution in [1.29, 1.82) is 0 Å². The summed E-state index contributed by atoms with van der Waals surface area (Å²) in [5, 5.41) is 5.89. The van der Waals surface area contributed by atoms with Crippen molar-refractivity contribution in [3.8, 4) is 0 Å². The highest BCUT2D eigenvalue weighted by Gasteiger charge is 2.11. The zero-order valence-corrected chi connectivity index (χ0v) is 16.2. The first kappa shape index (κ1) is 19.9. The molecule has 0 aromatic heterocycles. The number of anilines is 2. The summed E-state index contributed by atoms with van der Waals surface area (Å²) in [5.41, 5.74) is 1.09. The minimum absolute atomic E-state index is 0.0165. The van der Waals surface area contributed by atoms with Crippen LogP contribution in [-0.4, -0.2) is 17.6 Å². The van der Waals surface area contributed by atoms with Crippen LogP contribution in [0.1, 0.15) is 10.4 Å². The number of hydrogen-bond acceptors (Lipinski definition) is 3. The second-order valence-electron chi connectivity index (χ2n) is 5.78. The van der Waals surface area contributed by atoms with Crippen LogP contribution in [0.4, 0.5) is 15.8 Å². The van der Waals surface area contributed by atoms with Gasteiger partial charge in [0.1, 0.15) is 5.82 Å². The van der Waals surface area contributed by atoms with Gasteiger partial charge in [-0.25, -0.2) is 4.39 Å². The number of rotatable bonds is 6. The lowest BCUT2D eigenvalue weighted by molar-refractivity contribution is -0.113. The summed E-state index contributed by atoms with van der Waals surface area (Å²) in [4.78, 5) is 25.0. The smallest absolute Gasteiger partial charge is 0.258 e. The van der Waals surface area contributed by atoms with Crippen LogP contribution in [0.5, 0.6) is 0 Å². The number of carbonyl (C=O) groups is 2. The Bertz CT molecular complexity index is 996. The number of carbonyl (C=O) groups excluding carboxylic acids is 2. The van der Waals surface area contributed by atoms with Crippen LogP contribution in [0.25, 0.3) is 0 Å². The Hall–Kier alpha value is -2.83. The largest absolute Gasteiger partial charge is 0.324 e. The van der Waals surface area contributed by atoms with Crippen LogP contribution in [-0.2, 0) is 4.79 Å². The van der Waals surface area contributed by atoms with Gasteiger partial charge in [0.25, 0.3) is 5.91 Å². The van der Waals surface area contributed by atoms with Gasteiger partial charge in [-0.3, -0.25) is 9.59 Å². The quantitative estimate of drug-likeness (QED) is 0.526. The number of halogens is 2. The molecule has 0 spiro atoms. The van der Waals surface area contributed by atoms with E-state index in [0.29, 0.717) is 16.4 Å². The van der Waals surface area contributed by atoms with E-state index in [2.05, 4.69) is 10.6 Å². The number of hydrogen-bond donors (Lipinski definition) is 2. The maximum absolute atomic E-state index is 13.7. The molecule has 0 unspecified atom stereocenters. The van der Waals surface area contributed by atoms with Gasteiger partial charge in [0.2, 0.25) is 5.91 Å². The summed E-state index contributed by atoms with van der Waals surface area (Å²) in [6, 6.07) is 19.8. The zero-order chi connectivity index (χ0) is 19.9. The van der Waals surface area contributed by atoms with Gasteiger partial charge >= 0.3 is 0 Å². The number of nitrogens with one attached hydrogen (secondary N) is 2. The summed E-state index contributed by atoms with van der Waals surface area (Å²) in [5.74, 6) is -1.05. The van der Waals surface area contributed by atoms with Crippen LogP contribution < -0.4 is 10.6 Å². The van der Waals surface area contributed by atoms with Crippen molar-refractivity contribution in [2.24, 2.45) is 0 Å². The lowest BCUT2D eigenvalue weighted by atomic mass is 10.2. The molecule has 3 aromatic rings. The third-order valence-corrected chi connectivity index (χ3v) is 5.09. The molecule has 3 aromatic carbocycles. The molecule has 0 radical (unpaired) electrons. The number of benzene rings is 3. The van der Waals surface area contributed by atoms with Crippen molar-refractivity contribution >= 4 is 46.6 Å². The van der Waals surface area contributed by atoms with Crippen molar-refractivity contribution < 1.29 is 14.0 Å². The van der Waals surface area contributed by atoms with E-state index < -0.39 is 11.7 Å². The highest BCUT2D eigenvalue weighted by Crippen LogP contribution is 2.23. The zero-order valence-electron chi connectivity index (χ0n) is 14.6. The Morgan fingerprint density at radius 1 is 0.893 bits per heavy atom. The number of amides is 2. The molecular weight excluding hydrogens is 399 g/mol. The molecule has 0 fully saturated rings. The van der Waals surface area contributed by atoms with Crippen LogP contribution in [0.15, 0.2) is 77.7 Å². The van der Waals surface area contributed by atoms with Crippen molar-refractivity contribution in [2.45, 2.75) is 4.90 Å². The van der Waals surface area contributed by atoms with Gasteiger partial charge in [-0.15, -0.1) is 11.8 Å². The van der Waals surface area contributed by atoms with Crippen molar-refractivity contribution in [3.63, 3.8) is 0 Å². The first-order chi connectivity index (χ1) is 13.5. The van der Waals surface area contributed by atoms with Gasteiger partial charge in [-0.2, -0.15) is 0 Å². The Kier molecular flexibility index (Phi) is 6.68. The Morgan fingerprint density at radius 2 is 1.57 bits per heavy atom. The van der Waals surface area contributed by atoms with E-state index in [4.69, 9.17) is 11.6 Å². The van der Waals surface area contributed by atoms with E-state index in [0.717, 1.165) is 4.90 Å². The molecule has 0 aliphatic heterocycles. The third kappa shape index (κ3) is 5.34. The molecule has 2 amide bonds. The van der Waals surface area contributed by atoms with Crippen molar-refractivity contribution in [2.75, 3.05) is 16.4 Å². The monoisotopic (exact) mass is 414 g/mol. The van der Waals surface area contributed by atoms with Gasteiger partial charge in [-0.1, -0.05) is 35.9 Å². The Balaban J connectivity index is 1.53. The molecule has 4 nitrogen and oxygen atoms in total. The lowest BCUT2D eigenvalue weighted by Crippen LogP contribution is -2.14. The summed E-state index contributed by atoms with van der Waals surface area (Å²) >= 11 is 7.37. The topological polar surface area (TPSA) is 58.2 Å². The predicted octanol–water partition coefficient (Wildman–Crippen LogP) is 5.46. The van der Waals surface area contributed by atoms with E-state index >= 15 is 0 Å². The minimum atomic E-state index is -0.572. The maximum Gasteiger partial charge on any atom is 0.258 e. The Morgan fingerprint density at radius 3 is 2.29 bits per heavy atom. The molecule has 0 saturated heterocycles. The molecule has 0 saturated carbocycles. The standard InChI is InChI=1S/C21H16ClFN2O2S/c22-17-6-2-4-8-19(17)25-20(26)13-28-15-11-9-14(10-12-15)24-21(27)16-5-1-3-7-18(16)23/h1-12H,13H2,(H,24,27)(H,25,26). The van der Waals surface area contributed by atoms with E-state index in [1.165, 1.54) is 30.0 Å². The first-order valence-corrected chi connectivity index (χ1v) is 9.72. The van der Waals surface area contributed by atoms with E-state index in [1.807, 2.05) is 0 Å². The highest BCUT2D eigenvalue weighted by molar-refractivity contribution is 8.00. The lowest BCUT2D eigenvalue weighted by Gasteiger charge is -2.08. The molecule has 2 N–H and O–H groups in total. The van der Waals surface area contributed by atoms with E-state index in [9.17, 15) is 14.0 Å². The number of para-hydroxylation sites is 1. The average Bonchev–Trinajstić information content (AvgIpc) is 2.69. The normalized spacial score (nSPS) is 10.4. The Labute approximate surface area is 171 Å². The molecule has 0 heterocycles. The highest BCUT2D eigenvalue weighted by atomic mass is 35.5. The summed E-state index contributed by atoms with van der Waals surface area (Å²) < 4.78 is 13.7. The van der Waals surface area contributed by atoms with Gasteiger partial charge in [-0.05, 0) is 48.5 Å². The molecule has 7 heteroatoms. The van der Waals surface area contributed by atoms with Gasteiger partial charge in [0, 0.05) is 10.6 Å². The van der Waals surface area contributed by atoms with E-state index in [-0.39, 0.29) is 17.2 Å². The number of thioether (sulfide) groups is 1. The average molecular weight is 415 g/mol. The SMILES string of the molecule is O=C(CSc1ccc(NC(=O)c2ccccc2F)cc1)Nc1ccccc1Cl. The molecule has 0 bridgehead atoms. The third-order valence-electron chi connectivity index (χ3n) is 3.75. The van der Waals surface area contributed by atoms with Gasteiger partial charge in [0.05, 0.1) is 22.0 Å². The summed E-state index contributed by atoms with van der Waals surface area (Å²) in [7, 11) is 0. The fourth-order valence-electron chi connectivity index (χ4n) is 2.38. The van der Waals surface area contributed by atoms with Crippen LogP contribution in [0.3, 0.4) is 0 Å². The molecule has 0 aliphatic rings. The van der Waals surface area contributed by atoms with Gasteiger partial charge < -0.3 is 10.6 Å². The molecule has 28 heavy (non-hydrogen) atoms. The van der Waals surface area contributed by atoms with E-state index in [1.54, 1.807) is 54.6 Å². The molecular formula is C21H16ClFN2O2S. The fraction of sp³-hybridized carbons (Fsp3) is 0.0476. The molecule has 0 aliphatic carbocycles. The molecule has 3 rings (SSSR count). The van der Waals surface area contributed by atoms with Crippen molar-refractivity contribution in [1.82, 2.24) is 0 Å². The predicted molar refractivity (Wildman–Crippen MR) is 112 cm³/mol. The van der Waals surface area contributed by atoms with Crippen LogP contribution in [0.2, 0.25) is 5.02 Å². The summed E-state index contributed by atoms with van der Waals surface area (Å²) in [6.07, 6.45) is 0. The first-order valence-electron chi connectivity index (χ1n) is 8.36. The van der Waals surface area contributed by atoms with Crippen LogP contribution in [0, 0.1) is 5.82 Å².